The summed E-state index contributed by atoms with van der Waals surface area (Å²) >= 11 is 0. The molecule has 2 unspecified atom stereocenters. The first-order chi connectivity index (χ1) is 10.3. The second kappa shape index (κ2) is 7.05. The average molecular weight is 288 g/mol. The van der Waals surface area contributed by atoms with Gasteiger partial charge in [-0.25, -0.2) is 0 Å². The minimum atomic E-state index is -0.100. The number of benzene rings is 1. The highest BCUT2D eigenvalue weighted by Gasteiger charge is 2.33. The number of hydrogen-bond donors (Lipinski definition) is 2. The Labute approximate surface area is 126 Å². The van der Waals surface area contributed by atoms with Gasteiger partial charge in [0.15, 0.2) is 0 Å². The van der Waals surface area contributed by atoms with Crippen molar-refractivity contribution in [3.8, 4) is 0 Å². The monoisotopic (exact) mass is 288 g/mol. The molecule has 0 spiro atoms. The first-order valence-electron chi connectivity index (χ1n) is 8.02. The van der Waals surface area contributed by atoms with Crippen molar-refractivity contribution in [1.29, 1.82) is 0 Å². The van der Waals surface area contributed by atoms with Crippen LogP contribution in [0, 0.1) is 5.92 Å². The first-order valence-corrected chi connectivity index (χ1v) is 8.02. The van der Waals surface area contributed by atoms with Crippen molar-refractivity contribution in [1.82, 2.24) is 10.6 Å². The maximum atomic E-state index is 12.6. The lowest BCUT2D eigenvalue weighted by atomic mass is 9.88. The van der Waals surface area contributed by atoms with Crippen LogP contribution in [-0.4, -0.2) is 31.6 Å². The Morgan fingerprint density at radius 1 is 1.19 bits per heavy atom. The lowest BCUT2D eigenvalue weighted by Crippen LogP contribution is -2.49. The van der Waals surface area contributed by atoms with Gasteiger partial charge in [-0.3, -0.25) is 4.79 Å². The van der Waals surface area contributed by atoms with Crippen molar-refractivity contribution >= 4 is 5.91 Å². The van der Waals surface area contributed by atoms with Gasteiger partial charge in [0.05, 0.1) is 12.0 Å². The topological polar surface area (TPSA) is 50.4 Å². The predicted molar refractivity (Wildman–Crippen MR) is 81.9 cm³/mol. The molecule has 2 heterocycles. The Bertz CT molecular complexity index is 457. The molecule has 21 heavy (non-hydrogen) atoms. The maximum Gasteiger partial charge on any atom is 0.226 e. The standard InChI is InChI=1S/C17H24N2O2/c20-17(19-14-8-4-10-18-12-14)15-9-5-11-21-16(15)13-6-2-1-3-7-13/h1-3,6-7,14-16,18H,4-5,8-12H2,(H,19,20)/t14-,15?,16?/m1/s1. The number of carbonyl (C=O) groups excluding carboxylic acids is 1. The van der Waals surface area contributed by atoms with E-state index >= 15 is 0 Å². The van der Waals surface area contributed by atoms with Gasteiger partial charge in [0.2, 0.25) is 5.91 Å². The molecular weight excluding hydrogens is 264 g/mol. The Balaban J connectivity index is 1.67. The van der Waals surface area contributed by atoms with E-state index in [0.29, 0.717) is 0 Å². The van der Waals surface area contributed by atoms with Crippen LogP contribution < -0.4 is 10.6 Å². The number of ether oxygens (including phenoxy) is 1. The van der Waals surface area contributed by atoms with Gasteiger partial charge in [0.1, 0.15) is 0 Å². The molecule has 1 aromatic rings. The average Bonchev–Trinajstić information content (AvgIpc) is 2.56. The summed E-state index contributed by atoms with van der Waals surface area (Å²) in [5.41, 5.74) is 1.11. The molecule has 3 atom stereocenters. The van der Waals surface area contributed by atoms with Crippen molar-refractivity contribution in [2.24, 2.45) is 5.92 Å². The molecule has 0 aliphatic carbocycles. The zero-order valence-corrected chi connectivity index (χ0v) is 12.4. The van der Waals surface area contributed by atoms with E-state index in [1.807, 2.05) is 18.2 Å². The van der Waals surface area contributed by atoms with Crippen LogP contribution in [0.25, 0.3) is 0 Å². The zero-order chi connectivity index (χ0) is 14.5. The second-order valence-electron chi connectivity index (χ2n) is 6.00. The highest BCUT2D eigenvalue weighted by molar-refractivity contribution is 5.80. The number of amides is 1. The predicted octanol–water partition coefficient (Wildman–Crippen LogP) is 2.02. The van der Waals surface area contributed by atoms with Gasteiger partial charge < -0.3 is 15.4 Å². The summed E-state index contributed by atoms with van der Waals surface area (Å²) in [6.07, 6.45) is 3.98. The second-order valence-corrected chi connectivity index (χ2v) is 6.00. The number of hydrogen-bond acceptors (Lipinski definition) is 3. The van der Waals surface area contributed by atoms with Crippen LogP contribution in [0.4, 0.5) is 0 Å². The van der Waals surface area contributed by atoms with Crippen LogP contribution in [0.15, 0.2) is 30.3 Å². The smallest absolute Gasteiger partial charge is 0.226 e. The molecule has 114 valence electrons. The van der Waals surface area contributed by atoms with Crippen molar-refractivity contribution in [2.75, 3.05) is 19.7 Å². The third kappa shape index (κ3) is 3.63. The zero-order valence-electron chi connectivity index (χ0n) is 12.4. The number of nitrogens with one attached hydrogen (secondary N) is 2. The van der Waals surface area contributed by atoms with E-state index < -0.39 is 0 Å². The molecule has 1 amide bonds. The Hall–Kier alpha value is -1.39. The summed E-state index contributed by atoms with van der Waals surface area (Å²) < 4.78 is 5.91. The van der Waals surface area contributed by atoms with Crippen LogP contribution in [0.5, 0.6) is 0 Å². The number of carbonyl (C=O) groups is 1. The molecule has 0 saturated carbocycles. The molecule has 0 aromatic heterocycles. The highest BCUT2D eigenvalue weighted by Crippen LogP contribution is 2.33. The first kappa shape index (κ1) is 14.5. The van der Waals surface area contributed by atoms with Crippen molar-refractivity contribution in [3.05, 3.63) is 35.9 Å². The minimum absolute atomic E-state index is 0.0666. The molecule has 0 bridgehead atoms. The summed E-state index contributed by atoms with van der Waals surface area (Å²) in [5, 5.41) is 6.55. The van der Waals surface area contributed by atoms with Gasteiger partial charge in [-0.2, -0.15) is 0 Å². The van der Waals surface area contributed by atoms with Gasteiger partial charge in [0, 0.05) is 19.2 Å². The molecular formula is C17H24N2O2. The fraction of sp³-hybridized carbons (Fsp3) is 0.588. The Kier molecular flexibility index (Phi) is 4.88. The lowest BCUT2D eigenvalue weighted by Gasteiger charge is -2.33. The van der Waals surface area contributed by atoms with Crippen molar-refractivity contribution in [3.63, 3.8) is 0 Å². The molecule has 0 radical (unpaired) electrons. The quantitative estimate of drug-likeness (QED) is 0.894. The Morgan fingerprint density at radius 3 is 2.81 bits per heavy atom. The van der Waals surface area contributed by atoms with Gasteiger partial charge >= 0.3 is 0 Å². The van der Waals surface area contributed by atoms with E-state index in [2.05, 4.69) is 22.8 Å². The molecule has 3 rings (SSSR count). The van der Waals surface area contributed by atoms with E-state index in [4.69, 9.17) is 4.74 Å². The van der Waals surface area contributed by atoms with Crippen LogP contribution in [-0.2, 0) is 9.53 Å². The molecule has 1 aromatic carbocycles. The molecule has 2 aliphatic heterocycles. The summed E-state index contributed by atoms with van der Waals surface area (Å²) in [4.78, 5) is 12.6. The molecule has 2 aliphatic rings. The number of rotatable bonds is 3. The molecule has 4 nitrogen and oxygen atoms in total. The minimum Gasteiger partial charge on any atom is -0.373 e. The summed E-state index contributed by atoms with van der Waals surface area (Å²) in [5.74, 6) is 0.0836. The van der Waals surface area contributed by atoms with Gasteiger partial charge in [-0.05, 0) is 37.8 Å². The van der Waals surface area contributed by atoms with Gasteiger partial charge in [-0.1, -0.05) is 30.3 Å². The Morgan fingerprint density at radius 2 is 2.05 bits per heavy atom. The van der Waals surface area contributed by atoms with Crippen LogP contribution in [0.2, 0.25) is 0 Å². The van der Waals surface area contributed by atoms with E-state index in [0.717, 1.165) is 50.9 Å². The highest BCUT2D eigenvalue weighted by atomic mass is 16.5. The van der Waals surface area contributed by atoms with E-state index in [-0.39, 0.29) is 24.0 Å². The largest absolute Gasteiger partial charge is 0.373 e. The summed E-state index contributed by atoms with van der Waals surface area (Å²) in [6.45, 7) is 2.69. The van der Waals surface area contributed by atoms with Crippen molar-refractivity contribution in [2.45, 2.75) is 37.8 Å². The fourth-order valence-electron chi connectivity index (χ4n) is 3.30. The third-order valence-electron chi connectivity index (χ3n) is 4.43. The lowest BCUT2D eigenvalue weighted by molar-refractivity contribution is -0.135. The van der Waals surface area contributed by atoms with Gasteiger partial charge in [-0.15, -0.1) is 0 Å². The molecule has 2 N–H and O–H groups in total. The van der Waals surface area contributed by atoms with E-state index in [1.54, 1.807) is 0 Å². The van der Waals surface area contributed by atoms with Crippen LogP contribution in [0.1, 0.15) is 37.4 Å². The van der Waals surface area contributed by atoms with E-state index in [1.165, 1.54) is 0 Å². The fourth-order valence-corrected chi connectivity index (χ4v) is 3.30. The van der Waals surface area contributed by atoms with Gasteiger partial charge in [0.25, 0.3) is 0 Å². The number of piperidine rings is 1. The molecule has 2 fully saturated rings. The van der Waals surface area contributed by atoms with Crippen molar-refractivity contribution < 1.29 is 9.53 Å². The third-order valence-corrected chi connectivity index (χ3v) is 4.43. The summed E-state index contributed by atoms with van der Waals surface area (Å²) in [7, 11) is 0. The maximum absolute atomic E-state index is 12.6. The van der Waals surface area contributed by atoms with Crippen LogP contribution in [0.3, 0.4) is 0 Å². The molecule has 2 saturated heterocycles. The normalized spacial score (nSPS) is 29.8. The molecule has 4 heteroatoms. The summed E-state index contributed by atoms with van der Waals surface area (Å²) in [6, 6.07) is 10.4. The van der Waals surface area contributed by atoms with Crippen LogP contribution >= 0.6 is 0 Å². The van der Waals surface area contributed by atoms with E-state index in [9.17, 15) is 4.79 Å². The SMILES string of the molecule is O=C(N[C@@H]1CCCNC1)C1CCCOC1c1ccccc1.